The van der Waals surface area contributed by atoms with Crippen LogP contribution >= 0.6 is 11.3 Å². The Morgan fingerprint density at radius 3 is 2.75 bits per heavy atom. The van der Waals surface area contributed by atoms with E-state index in [2.05, 4.69) is 31.2 Å². The molecule has 1 N–H and O–H groups in total. The van der Waals surface area contributed by atoms with Crippen LogP contribution in [-0.4, -0.2) is 33.9 Å². The molecule has 7 heteroatoms. The van der Waals surface area contributed by atoms with Crippen molar-refractivity contribution in [3.8, 4) is 0 Å². The maximum Gasteiger partial charge on any atom is 0.229 e. The smallest absolute Gasteiger partial charge is 0.229 e. The number of rotatable bonds is 4. The number of aromatic nitrogens is 3. The summed E-state index contributed by atoms with van der Waals surface area (Å²) in [5.41, 5.74) is 3.28. The number of benzene rings is 1. The molecule has 2 fully saturated rings. The molecule has 5 rings (SSSR count). The highest BCUT2D eigenvalue weighted by atomic mass is 32.1. The van der Waals surface area contributed by atoms with Gasteiger partial charge in [-0.2, -0.15) is 0 Å². The van der Waals surface area contributed by atoms with Crippen molar-refractivity contribution in [2.45, 2.75) is 38.5 Å². The Hall–Kier alpha value is -2.54. The van der Waals surface area contributed by atoms with Gasteiger partial charge in [0.15, 0.2) is 5.13 Å². The van der Waals surface area contributed by atoms with E-state index in [9.17, 15) is 4.79 Å². The summed E-state index contributed by atoms with van der Waals surface area (Å²) in [6, 6.07) is 8.25. The molecule has 28 heavy (non-hydrogen) atoms. The fourth-order valence-corrected chi connectivity index (χ4v) is 4.80. The lowest BCUT2D eigenvalue weighted by Gasteiger charge is -2.32. The number of hydrogen-bond acceptors (Lipinski definition) is 6. The van der Waals surface area contributed by atoms with Gasteiger partial charge in [0, 0.05) is 36.7 Å². The van der Waals surface area contributed by atoms with Crippen LogP contribution in [0, 0.1) is 12.8 Å². The third-order valence-corrected chi connectivity index (χ3v) is 6.65. The molecular weight excluding hydrogens is 370 g/mol. The predicted octanol–water partition coefficient (Wildman–Crippen LogP) is 4.13. The highest BCUT2D eigenvalue weighted by Gasteiger charge is 2.28. The van der Waals surface area contributed by atoms with Crippen LogP contribution in [0.5, 0.6) is 0 Å². The second kappa shape index (κ2) is 7.13. The number of nitrogens with zero attached hydrogens (tertiary/aromatic N) is 4. The third kappa shape index (κ3) is 3.46. The van der Waals surface area contributed by atoms with E-state index in [-0.39, 0.29) is 11.8 Å². The van der Waals surface area contributed by atoms with Gasteiger partial charge in [0.1, 0.15) is 12.1 Å². The molecule has 2 aromatic heterocycles. The molecule has 3 heterocycles. The average Bonchev–Trinajstić information content (AvgIpc) is 3.49. The monoisotopic (exact) mass is 393 g/mol. The van der Waals surface area contributed by atoms with Gasteiger partial charge in [-0.3, -0.25) is 4.79 Å². The highest BCUT2D eigenvalue weighted by molar-refractivity contribution is 7.22. The Morgan fingerprint density at radius 1 is 1.18 bits per heavy atom. The number of amides is 1. The molecule has 1 saturated carbocycles. The van der Waals surface area contributed by atoms with E-state index in [1.807, 2.05) is 25.1 Å². The fraction of sp³-hybridized carbons (Fsp3) is 0.429. The van der Waals surface area contributed by atoms with Gasteiger partial charge in [-0.25, -0.2) is 15.0 Å². The Labute approximate surface area is 168 Å². The van der Waals surface area contributed by atoms with Crippen molar-refractivity contribution in [3.05, 3.63) is 41.9 Å². The first kappa shape index (κ1) is 17.6. The molecule has 1 amide bonds. The second-order valence-electron chi connectivity index (χ2n) is 7.77. The Morgan fingerprint density at radius 2 is 2.00 bits per heavy atom. The quantitative estimate of drug-likeness (QED) is 0.722. The minimum absolute atomic E-state index is 0.0223. The van der Waals surface area contributed by atoms with Crippen LogP contribution in [0.25, 0.3) is 10.2 Å². The molecule has 0 unspecified atom stereocenters. The first-order chi connectivity index (χ1) is 13.7. The third-order valence-electron chi connectivity index (χ3n) is 5.71. The standard InChI is InChI=1S/C21H23N5OS/c1-13-3-2-4-17-19(13)24-21(28-17)25-20(27)15-7-9-26(10-8-15)18-11-16(14-5-6-14)22-12-23-18/h2-4,11-12,14-15H,5-10H2,1H3,(H,24,25,27). The van der Waals surface area contributed by atoms with Gasteiger partial charge in [-0.05, 0) is 44.2 Å². The number of para-hydroxylation sites is 1. The number of nitrogens with one attached hydrogen (secondary N) is 1. The molecule has 2 aliphatic rings. The van der Waals surface area contributed by atoms with Crippen LogP contribution in [0.1, 0.15) is 42.9 Å². The van der Waals surface area contributed by atoms with Crippen molar-refractivity contribution in [2.24, 2.45) is 5.92 Å². The number of thiazole rings is 1. The summed E-state index contributed by atoms with van der Waals surface area (Å²) in [7, 11) is 0. The van der Waals surface area contributed by atoms with Crippen LogP contribution in [0.15, 0.2) is 30.6 Å². The van der Waals surface area contributed by atoms with Crippen molar-refractivity contribution in [1.82, 2.24) is 15.0 Å². The van der Waals surface area contributed by atoms with Crippen molar-refractivity contribution < 1.29 is 4.79 Å². The Balaban J connectivity index is 1.22. The summed E-state index contributed by atoms with van der Waals surface area (Å²) in [6.07, 6.45) is 5.82. The lowest BCUT2D eigenvalue weighted by molar-refractivity contribution is -0.120. The molecule has 0 spiro atoms. The van der Waals surface area contributed by atoms with E-state index in [1.54, 1.807) is 17.7 Å². The van der Waals surface area contributed by atoms with Crippen molar-refractivity contribution in [1.29, 1.82) is 0 Å². The summed E-state index contributed by atoms with van der Waals surface area (Å²) < 4.78 is 1.11. The fourth-order valence-electron chi connectivity index (χ4n) is 3.85. The molecule has 1 saturated heterocycles. The minimum Gasteiger partial charge on any atom is -0.356 e. The largest absolute Gasteiger partial charge is 0.356 e. The van der Waals surface area contributed by atoms with Crippen LogP contribution in [0.3, 0.4) is 0 Å². The molecule has 3 aromatic rings. The van der Waals surface area contributed by atoms with Crippen LogP contribution in [-0.2, 0) is 4.79 Å². The second-order valence-corrected chi connectivity index (χ2v) is 8.80. The minimum atomic E-state index is 0.0223. The van der Waals surface area contributed by atoms with Gasteiger partial charge in [0.25, 0.3) is 0 Å². The van der Waals surface area contributed by atoms with Gasteiger partial charge in [-0.1, -0.05) is 23.5 Å². The number of fused-ring (bicyclic) bond motifs is 1. The molecular formula is C21H23N5OS. The van der Waals surface area contributed by atoms with E-state index in [0.29, 0.717) is 11.0 Å². The topological polar surface area (TPSA) is 71.0 Å². The molecule has 6 nitrogen and oxygen atoms in total. The van der Waals surface area contributed by atoms with E-state index < -0.39 is 0 Å². The summed E-state index contributed by atoms with van der Waals surface area (Å²) in [5, 5.41) is 3.74. The summed E-state index contributed by atoms with van der Waals surface area (Å²) >= 11 is 1.54. The van der Waals surface area contributed by atoms with E-state index in [4.69, 9.17) is 0 Å². The molecule has 0 bridgehead atoms. The van der Waals surface area contributed by atoms with Gasteiger partial charge in [-0.15, -0.1) is 0 Å². The first-order valence-electron chi connectivity index (χ1n) is 9.91. The first-order valence-corrected chi connectivity index (χ1v) is 10.7. The highest BCUT2D eigenvalue weighted by Crippen LogP contribution is 2.39. The van der Waals surface area contributed by atoms with Crippen molar-refractivity contribution in [2.75, 3.05) is 23.3 Å². The lowest BCUT2D eigenvalue weighted by Crippen LogP contribution is -2.38. The molecule has 0 atom stereocenters. The molecule has 1 aliphatic carbocycles. The maximum absolute atomic E-state index is 12.7. The van der Waals surface area contributed by atoms with Crippen LogP contribution < -0.4 is 10.2 Å². The van der Waals surface area contributed by atoms with Crippen molar-refractivity contribution in [3.63, 3.8) is 0 Å². The number of carbonyl (C=O) groups excluding carboxylic acids is 1. The van der Waals surface area contributed by atoms with Crippen LogP contribution in [0.2, 0.25) is 0 Å². The van der Waals surface area contributed by atoms with Gasteiger partial charge in [0.05, 0.1) is 10.2 Å². The molecule has 0 radical (unpaired) electrons. The predicted molar refractivity (Wildman–Crippen MR) is 112 cm³/mol. The summed E-state index contributed by atoms with van der Waals surface area (Å²) in [6.45, 7) is 3.74. The zero-order chi connectivity index (χ0) is 19.1. The SMILES string of the molecule is Cc1cccc2sc(NC(=O)C3CCN(c4cc(C5CC5)ncn4)CC3)nc12. The Kier molecular flexibility index (Phi) is 4.47. The van der Waals surface area contributed by atoms with Gasteiger partial charge < -0.3 is 10.2 Å². The number of piperidine rings is 1. The van der Waals surface area contributed by atoms with Gasteiger partial charge in [0.2, 0.25) is 5.91 Å². The van der Waals surface area contributed by atoms with E-state index in [1.165, 1.54) is 12.8 Å². The van der Waals surface area contributed by atoms with Crippen molar-refractivity contribution >= 4 is 38.4 Å². The lowest BCUT2D eigenvalue weighted by atomic mass is 9.96. The van der Waals surface area contributed by atoms with E-state index in [0.717, 1.165) is 53.2 Å². The van der Waals surface area contributed by atoms with Gasteiger partial charge >= 0.3 is 0 Å². The number of aryl methyl sites for hydroxylation is 1. The number of anilines is 2. The normalized spacial score (nSPS) is 17.8. The molecule has 1 aromatic carbocycles. The summed E-state index contributed by atoms with van der Waals surface area (Å²) in [4.78, 5) is 28.5. The number of carbonyl (C=O) groups is 1. The van der Waals surface area contributed by atoms with E-state index >= 15 is 0 Å². The molecule has 1 aliphatic heterocycles. The summed E-state index contributed by atoms with van der Waals surface area (Å²) in [5.74, 6) is 1.73. The van der Waals surface area contributed by atoms with Crippen LogP contribution in [0.4, 0.5) is 10.9 Å². The maximum atomic E-state index is 12.7. The zero-order valence-corrected chi connectivity index (χ0v) is 16.7. The Bertz CT molecular complexity index is 1020. The molecule has 144 valence electrons. The zero-order valence-electron chi connectivity index (χ0n) is 15.9. The average molecular weight is 394 g/mol. The number of hydrogen-bond donors (Lipinski definition) is 1.